The smallest absolute Gasteiger partial charge is 0.252 e. The molecule has 0 aliphatic heterocycles. The van der Waals surface area contributed by atoms with Gasteiger partial charge in [0.1, 0.15) is 10.7 Å². The van der Waals surface area contributed by atoms with Gasteiger partial charge in [0.25, 0.3) is 5.92 Å². The van der Waals surface area contributed by atoms with Crippen LogP contribution in [-0.2, 0) is 10.4 Å². The van der Waals surface area contributed by atoms with Crippen LogP contribution in [0.25, 0.3) is 11.2 Å². The molecule has 1 amide bonds. The van der Waals surface area contributed by atoms with Crippen LogP contribution in [0, 0.1) is 0 Å². The zero-order valence-corrected chi connectivity index (χ0v) is 16.3. The molecule has 4 rings (SSSR count). The van der Waals surface area contributed by atoms with Crippen LogP contribution in [-0.4, -0.2) is 31.5 Å². The molecule has 1 aliphatic carbocycles. The van der Waals surface area contributed by atoms with Gasteiger partial charge in [-0.05, 0) is 24.6 Å². The van der Waals surface area contributed by atoms with Gasteiger partial charge in [-0.3, -0.25) is 14.7 Å². The molecule has 2 N–H and O–H groups in total. The number of nitrogens with zero attached hydrogens (tertiary/aromatic N) is 3. The predicted octanol–water partition coefficient (Wildman–Crippen LogP) is 4.29. The minimum atomic E-state index is -2.75. The minimum absolute atomic E-state index is 0.115. The molecule has 2 aromatic heterocycles. The molecule has 2 heterocycles. The standard InChI is InChI=1S/C20H19ClF2N4O2/c1-19(29,12-5-3-2-4-6-12)11-16(28)26-18-24-14-7-8-15(21)25-17(14)27(18)13-9-20(22,23)10-13/h2-8,13,29H,9-11H2,1H3,(H,24,26,28)/t19-/m1/s1. The maximum atomic E-state index is 13.5. The van der Waals surface area contributed by atoms with Crippen molar-refractivity contribution in [2.45, 2.75) is 43.8 Å². The van der Waals surface area contributed by atoms with Gasteiger partial charge < -0.3 is 5.11 Å². The van der Waals surface area contributed by atoms with Crippen LogP contribution in [0.1, 0.15) is 37.8 Å². The summed E-state index contributed by atoms with van der Waals surface area (Å²) in [5.41, 5.74) is -0.0265. The number of alkyl halides is 2. The van der Waals surface area contributed by atoms with Gasteiger partial charge in [0.15, 0.2) is 5.65 Å². The number of hydrogen-bond acceptors (Lipinski definition) is 4. The zero-order valence-electron chi connectivity index (χ0n) is 15.6. The Hall–Kier alpha value is -2.58. The fourth-order valence-corrected chi connectivity index (χ4v) is 3.72. The molecular formula is C20H19ClF2N4O2. The Kier molecular flexibility index (Phi) is 4.78. The van der Waals surface area contributed by atoms with Crippen LogP contribution in [0.4, 0.5) is 14.7 Å². The van der Waals surface area contributed by atoms with Crippen molar-refractivity contribution in [1.82, 2.24) is 14.5 Å². The lowest BCUT2D eigenvalue weighted by molar-refractivity contribution is -0.120. The largest absolute Gasteiger partial charge is 0.385 e. The number of aliphatic hydroxyl groups is 1. The Morgan fingerprint density at radius 2 is 1.97 bits per heavy atom. The van der Waals surface area contributed by atoms with Crippen molar-refractivity contribution in [1.29, 1.82) is 0 Å². The molecule has 3 aromatic rings. The van der Waals surface area contributed by atoms with Crippen molar-refractivity contribution in [2.24, 2.45) is 0 Å². The second-order valence-corrected chi connectivity index (χ2v) is 7.95. The lowest BCUT2D eigenvalue weighted by atomic mass is 9.88. The normalized spacial score (nSPS) is 18.2. The first kappa shape index (κ1) is 19.7. The molecule has 1 aromatic carbocycles. The van der Waals surface area contributed by atoms with Crippen LogP contribution >= 0.6 is 11.6 Å². The number of pyridine rings is 1. The average molecular weight is 421 g/mol. The van der Waals surface area contributed by atoms with Gasteiger partial charge in [0, 0.05) is 12.8 Å². The van der Waals surface area contributed by atoms with E-state index in [4.69, 9.17) is 11.6 Å². The predicted molar refractivity (Wildman–Crippen MR) is 105 cm³/mol. The molecule has 6 nitrogen and oxygen atoms in total. The van der Waals surface area contributed by atoms with Crippen molar-refractivity contribution in [3.8, 4) is 0 Å². The number of hydrogen-bond donors (Lipinski definition) is 2. The fourth-order valence-electron chi connectivity index (χ4n) is 3.58. The maximum Gasteiger partial charge on any atom is 0.252 e. The van der Waals surface area contributed by atoms with Crippen LogP contribution in [0.3, 0.4) is 0 Å². The number of benzene rings is 1. The number of aromatic nitrogens is 3. The second-order valence-electron chi connectivity index (χ2n) is 7.56. The lowest BCUT2D eigenvalue weighted by Gasteiger charge is -2.36. The van der Waals surface area contributed by atoms with Crippen LogP contribution in [0.15, 0.2) is 42.5 Å². The topological polar surface area (TPSA) is 80.0 Å². The van der Waals surface area contributed by atoms with Crippen molar-refractivity contribution < 1.29 is 18.7 Å². The van der Waals surface area contributed by atoms with Gasteiger partial charge in [-0.15, -0.1) is 0 Å². The highest BCUT2D eigenvalue weighted by Gasteiger charge is 2.47. The van der Waals surface area contributed by atoms with E-state index in [1.54, 1.807) is 43.3 Å². The molecule has 0 saturated heterocycles. The summed E-state index contributed by atoms with van der Waals surface area (Å²) in [7, 11) is 0. The number of fused-ring (bicyclic) bond motifs is 1. The number of carbonyl (C=O) groups is 1. The van der Waals surface area contributed by atoms with Gasteiger partial charge in [-0.25, -0.2) is 18.7 Å². The van der Waals surface area contributed by atoms with E-state index in [0.29, 0.717) is 16.7 Å². The van der Waals surface area contributed by atoms with E-state index in [9.17, 15) is 18.7 Å². The molecule has 1 saturated carbocycles. The minimum Gasteiger partial charge on any atom is -0.385 e. The van der Waals surface area contributed by atoms with Gasteiger partial charge >= 0.3 is 0 Å². The summed E-state index contributed by atoms with van der Waals surface area (Å²) in [6.45, 7) is 1.54. The SMILES string of the molecule is C[C@@](O)(CC(=O)Nc1nc2ccc(Cl)nc2n1C1CC(F)(F)C1)c1ccccc1. The average Bonchev–Trinajstić information content (AvgIpc) is 2.96. The molecule has 29 heavy (non-hydrogen) atoms. The number of rotatable bonds is 5. The Bertz CT molecular complexity index is 1060. The summed E-state index contributed by atoms with van der Waals surface area (Å²) in [6, 6.07) is 11.4. The van der Waals surface area contributed by atoms with Gasteiger partial charge in [-0.1, -0.05) is 41.9 Å². The summed E-state index contributed by atoms with van der Waals surface area (Å²) in [5, 5.41) is 13.5. The summed E-state index contributed by atoms with van der Waals surface area (Å²) < 4.78 is 28.4. The number of halogens is 3. The number of carbonyl (C=O) groups excluding carboxylic acids is 1. The molecule has 1 aliphatic rings. The van der Waals surface area contributed by atoms with Gasteiger partial charge in [-0.2, -0.15) is 0 Å². The molecule has 0 spiro atoms. The molecule has 0 unspecified atom stereocenters. The third kappa shape index (κ3) is 3.95. The van der Waals surface area contributed by atoms with Crippen molar-refractivity contribution in [2.75, 3.05) is 5.32 Å². The fraction of sp³-hybridized carbons (Fsp3) is 0.350. The van der Waals surface area contributed by atoms with Crippen LogP contribution in [0.5, 0.6) is 0 Å². The Labute approximate surface area is 170 Å². The number of nitrogens with one attached hydrogen (secondary N) is 1. The summed E-state index contributed by atoms with van der Waals surface area (Å²) >= 11 is 5.96. The highest BCUT2D eigenvalue weighted by molar-refractivity contribution is 6.29. The number of imidazole rings is 1. The molecule has 0 bridgehead atoms. The zero-order chi connectivity index (χ0) is 20.8. The molecule has 152 valence electrons. The molecule has 1 atom stereocenters. The third-order valence-corrected chi connectivity index (χ3v) is 5.30. The summed E-state index contributed by atoms with van der Waals surface area (Å²) in [4.78, 5) is 21.2. The summed E-state index contributed by atoms with van der Waals surface area (Å²) in [5.74, 6) is -3.13. The molecule has 1 fully saturated rings. The first-order chi connectivity index (χ1) is 13.6. The van der Waals surface area contributed by atoms with E-state index < -0.39 is 23.5 Å². The number of amides is 1. The highest BCUT2D eigenvalue weighted by Crippen LogP contribution is 2.47. The van der Waals surface area contributed by atoms with E-state index >= 15 is 0 Å². The number of anilines is 1. The first-order valence-electron chi connectivity index (χ1n) is 9.15. The highest BCUT2D eigenvalue weighted by atomic mass is 35.5. The van der Waals surface area contributed by atoms with E-state index in [2.05, 4.69) is 15.3 Å². The van der Waals surface area contributed by atoms with E-state index in [1.165, 1.54) is 4.57 Å². The first-order valence-corrected chi connectivity index (χ1v) is 9.52. The third-order valence-electron chi connectivity index (χ3n) is 5.09. The Balaban J connectivity index is 1.61. The second kappa shape index (κ2) is 7.03. The summed E-state index contributed by atoms with van der Waals surface area (Å²) in [6.07, 6.45) is -0.955. The van der Waals surface area contributed by atoms with Crippen molar-refractivity contribution >= 4 is 34.6 Å². The monoisotopic (exact) mass is 420 g/mol. The Morgan fingerprint density at radius 3 is 2.62 bits per heavy atom. The van der Waals surface area contributed by atoms with E-state index in [-0.39, 0.29) is 30.4 Å². The van der Waals surface area contributed by atoms with E-state index in [0.717, 1.165) is 0 Å². The van der Waals surface area contributed by atoms with Crippen molar-refractivity contribution in [3.05, 3.63) is 53.2 Å². The Morgan fingerprint density at radius 1 is 1.28 bits per heavy atom. The molecule has 9 heteroatoms. The van der Waals surface area contributed by atoms with E-state index in [1.807, 2.05) is 6.07 Å². The van der Waals surface area contributed by atoms with Crippen molar-refractivity contribution in [3.63, 3.8) is 0 Å². The maximum absolute atomic E-state index is 13.5. The van der Waals surface area contributed by atoms with Crippen LogP contribution in [0.2, 0.25) is 5.15 Å². The lowest BCUT2D eigenvalue weighted by Crippen LogP contribution is -2.38. The quantitative estimate of drug-likeness (QED) is 0.603. The van der Waals surface area contributed by atoms with Crippen LogP contribution < -0.4 is 5.32 Å². The van der Waals surface area contributed by atoms with Gasteiger partial charge in [0.05, 0.1) is 18.1 Å². The molecule has 0 radical (unpaired) electrons. The molecular weight excluding hydrogens is 402 g/mol. The van der Waals surface area contributed by atoms with Gasteiger partial charge in [0.2, 0.25) is 11.9 Å².